The molecule has 2 aromatic carbocycles. The van der Waals surface area contributed by atoms with Gasteiger partial charge < -0.3 is 15.5 Å². The third kappa shape index (κ3) is 5.92. The molecule has 6 heteroatoms. The maximum Gasteiger partial charge on any atom is 0.251 e. The summed E-state index contributed by atoms with van der Waals surface area (Å²) in [7, 11) is 0. The maximum atomic E-state index is 12.7. The minimum atomic E-state index is -0.234. The van der Waals surface area contributed by atoms with E-state index in [1.54, 1.807) is 29.2 Å². The van der Waals surface area contributed by atoms with Gasteiger partial charge in [0.15, 0.2) is 0 Å². The van der Waals surface area contributed by atoms with Gasteiger partial charge in [0.1, 0.15) is 0 Å². The number of rotatable bonds is 6. The number of hydrogen-bond acceptors (Lipinski definition) is 3. The van der Waals surface area contributed by atoms with E-state index < -0.39 is 0 Å². The second-order valence-electron chi connectivity index (χ2n) is 8.04. The van der Waals surface area contributed by atoms with Crippen molar-refractivity contribution in [3.05, 3.63) is 65.7 Å². The molecule has 1 aliphatic rings. The van der Waals surface area contributed by atoms with Gasteiger partial charge in [0, 0.05) is 30.4 Å². The molecule has 0 aliphatic carbocycles. The van der Waals surface area contributed by atoms with Gasteiger partial charge in [-0.25, -0.2) is 0 Å². The van der Waals surface area contributed by atoms with Crippen LogP contribution in [-0.2, 0) is 16.0 Å². The van der Waals surface area contributed by atoms with Crippen molar-refractivity contribution < 1.29 is 14.4 Å². The molecule has 1 unspecified atom stereocenters. The molecule has 0 saturated carbocycles. The number of likely N-dealkylation sites (tertiary alicyclic amines) is 1. The molecule has 2 N–H and O–H groups in total. The first-order valence-corrected chi connectivity index (χ1v) is 10.5. The van der Waals surface area contributed by atoms with Gasteiger partial charge in [-0.2, -0.15) is 0 Å². The second-order valence-corrected chi connectivity index (χ2v) is 8.04. The van der Waals surface area contributed by atoms with Crippen molar-refractivity contribution in [3.63, 3.8) is 0 Å². The van der Waals surface area contributed by atoms with Crippen LogP contribution in [0, 0.1) is 5.92 Å². The molecule has 2 aromatic rings. The highest BCUT2D eigenvalue weighted by molar-refractivity contribution is 5.96. The predicted molar refractivity (Wildman–Crippen MR) is 117 cm³/mol. The van der Waals surface area contributed by atoms with Crippen LogP contribution < -0.4 is 10.6 Å². The van der Waals surface area contributed by atoms with Crippen molar-refractivity contribution in [1.29, 1.82) is 0 Å². The molecule has 1 aliphatic heterocycles. The summed E-state index contributed by atoms with van der Waals surface area (Å²) in [5, 5.41) is 5.76. The molecular formula is C24H29N3O3. The third-order valence-electron chi connectivity index (χ3n) is 5.18. The molecule has 0 bridgehead atoms. The molecule has 1 fully saturated rings. The maximum absolute atomic E-state index is 12.7. The highest BCUT2D eigenvalue weighted by Gasteiger charge is 2.28. The Morgan fingerprint density at radius 3 is 2.40 bits per heavy atom. The molecule has 6 nitrogen and oxygen atoms in total. The molecule has 0 radical (unpaired) electrons. The third-order valence-corrected chi connectivity index (χ3v) is 5.18. The van der Waals surface area contributed by atoms with Crippen LogP contribution in [0.3, 0.4) is 0 Å². The summed E-state index contributed by atoms with van der Waals surface area (Å²) in [6.07, 6.45) is 1.93. The highest BCUT2D eigenvalue weighted by Crippen LogP contribution is 2.20. The Balaban J connectivity index is 1.55. The number of piperidine rings is 1. The Labute approximate surface area is 177 Å². The van der Waals surface area contributed by atoms with Gasteiger partial charge in [-0.15, -0.1) is 0 Å². The van der Waals surface area contributed by atoms with Gasteiger partial charge >= 0.3 is 0 Å². The zero-order valence-corrected chi connectivity index (χ0v) is 17.6. The van der Waals surface area contributed by atoms with Crippen LogP contribution in [0.25, 0.3) is 0 Å². The molecule has 30 heavy (non-hydrogen) atoms. The monoisotopic (exact) mass is 407 g/mol. The molecule has 1 saturated heterocycles. The Morgan fingerprint density at radius 1 is 1.03 bits per heavy atom. The Bertz CT molecular complexity index is 878. The zero-order chi connectivity index (χ0) is 21.5. The van der Waals surface area contributed by atoms with E-state index >= 15 is 0 Å². The number of amides is 3. The number of hydrogen-bond donors (Lipinski definition) is 2. The number of carbonyl (C=O) groups excluding carboxylic acids is 3. The first-order chi connectivity index (χ1) is 14.4. The fraction of sp³-hybridized carbons (Fsp3) is 0.375. The lowest BCUT2D eigenvalue weighted by molar-refractivity contribution is -0.133. The summed E-state index contributed by atoms with van der Waals surface area (Å²) in [6.45, 7) is 4.94. The van der Waals surface area contributed by atoms with E-state index in [2.05, 4.69) is 10.6 Å². The molecule has 1 heterocycles. The molecule has 0 aromatic heterocycles. The van der Waals surface area contributed by atoms with Gasteiger partial charge in [-0.1, -0.05) is 30.3 Å². The van der Waals surface area contributed by atoms with Gasteiger partial charge in [0.2, 0.25) is 11.8 Å². The van der Waals surface area contributed by atoms with Crippen molar-refractivity contribution in [3.8, 4) is 0 Å². The topological polar surface area (TPSA) is 78.5 Å². The van der Waals surface area contributed by atoms with E-state index in [1.165, 1.54) is 0 Å². The van der Waals surface area contributed by atoms with Crippen molar-refractivity contribution >= 4 is 23.4 Å². The highest BCUT2D eigenvalue weighted by atomic mass is 16.2. The molecule has 3 amide bonds. The largest absolute Gasteiger partial charge is 0.350 e. The Hall–Kier alpha value is -3.15. The van der Waals surface area contributed by atoms with E-state index in [0.717, 1.165) is 18.4 Å². The average molecular weight is 408 g/mol. The number of nitrogens with one attached hydrogen (secondary N) is 2. The normalized spacial score (nSPS) is 16.2. The van der Waals surface area contributed by atoms with Crippen LogP contribution in [0.5, 0.6) is 0 Å². The summed E-state index contributed by atoms with van der Waals surface area (Å²) in [5.74, 6) is -0.407. The zero-order valence-electron chi connectivity index (χ0n) is 17.6. The van der Waals surface area contributed by atoms with E-state index in [0.29, 0.717) is 30.8 Å². The molecule has 1 atom stereocenters. The van der Waals surface area contributed by atoms with Gasteiger partial charge in [-0.3, -0.25) is 14.4 Å². The van der Waals surface area contributed by atoms with Crippen LogP contribution in [0.4, 0.5) is 5.69 Å². The quantitative estimate of drug-likeness (QED) is 0.772. The number of carbonyl (C=O) groups is 3. The first-order valence-electron chi connectivity index (χ1n) is 10.5. The average Bonchev–Trinajstić information content (AvgIpc) is 2.74. The van der Waals surface area contributed by atoms with E-state index in [1.807, 2.05) is 44.2 Å². The predicted octanol–water partition coefficient (Wildman–Crippen LogP) is 3.24. The number of anilines is 1. The van der Waals surface area contributed by atoms with Crippen molar-refractivity contribution in [1.82, 2.24) is 10.2 Å². The summed E-state index contributed by atoms with van der Waals surface area (Å²) < 4.78 is 0. The van der Waals surface area contributed by atoms with E-state index in [4.69, 9.17) is 0 Å². The summed E-state index contributed by atoms with van der Waals surface area (Å²) in [6, 6.07) is 16.6. The Morgan fingerprint density at radius 2 is 1.73 bits per heavy atom. The lowest BCUT2D eigenvalue weighted by Gasteiger charge is -2.32. The number of nitrogens with zero attached hydrogens (tertiary/aromatic N) is 1. The van der Waals surface area contributed by atoms with Crippen molar-refractivity contribution in [2.75, 3.05) is 18.4 Å². The fourth-order valence-electron chi connectivity index (χ4n) is 3.59. The van der Waals surface area contributed by atoms with Crippen LogP contribution in [-0.4, -0.2) is 41.8 Å². The molecule has 0 spiro atoms. The van der Waals surface area contributed by atoms with Gasteiger partial charge in [-0.05, 0) is 56.5 Å². The van der Waals surface area contributed by atoms with E-state index in [-0.39, 0.29) is 29.7 Å². The second kappa shape index (κ2) is 10.1. The van der Waals surface area contributed by atoms with Crippen molar-refractivity contribution in [2.45, 2.75) is 39.2 Å². The van der Waals surface area contributed by atoms with Crippen LogP contribution in [0.15, 0.2) is 54.6 Å². The molecular weight excluding hydrogens is 378 g/mol. The van der Waals surface area contributed by atoms with E-state index in [9.17, 15) is 14.4 Å². The SMILES string of the molecule is CC(C)NC(=O)c1ccc(NC(=O)C2CCCN(C(=O)Cc3ccccc3)C2)cc1. The van der Waals surface area contributed by atoms with Crippen LogP contribution in [0.2, 0.25) is 0 Å². The molecule has 158 valence electrons. The van der Waals surface area contributed by atoms with Gasteiger partial charge in [0.25, 0.3) is 5.91 Å². The van der Waals surface area contributed by atoms with Gasteiger partial charge in [0.05, 0.1) is 12.3 Å². The lowest BCUT2D eigenvalue weighted by atomic mass is 9.96. The molecule has 3 rings (SSSR count). The lowest BCUT2D eigenvalue weighted by Crippen LogP contribution is -2.44. The smallest absolute Gasteiger partial charge is 0.251 e. The fourth-order valence-corrected chi connectivity index (χ4v) is 3.59. The summed E-state index contributed by atoms with van der Waals surface area (Å²) >= 11 is 0. The van der Waals surface area contributed by atoms with Crippen LogP contribution in [0.1, 0.15) is 42.6 Å². The standard InChI is InChI=1S/C24H29N3O3/c1-17(2)25-23(29)19-10-12-21(13-11-19)26-24(30)20-9-6-14-27(16-20)22(28)15-18-7-4-3-5-8-18/h3-5,7-8,10-13,17,20H,6,9,14-16H2,1-2H3,(H,25,29)(H,26,30). The minimum absolute atomic E-state index is 0.0548. The summed E-state index contributed by atoms with van der Waals surface area (Å²) in [4.78, 5) is 39.2. The summed E-state index contributed by atoms with van der Waals surface area (Å²) in [5.41, 5.74) is 2.18. The Kier molecular flexibility index (Phi) is 7.22. The first kappa shape index (κ1) is 21.6. The number of benzene rings is 2. The van der Waals surface area contributed by atoms with Crippen molar-refractivity contribution in [2.24, 2.45) is 5.92 Å². The van der Waals surface area contributed by atoms with Crippen LogP contribution >= 0.6 is 0 Å². The minimum Gasteiger partial charge on any atom is -0.350 e.